The van der Waals surface area contributed by atoms with Crippen LogP contribution in [-0.4, -0.2) is 42.9 Å². The van der Waals surface area contributed by atoms with Gasteiger partial charge in [-0.1, -0.05) is 24.3 Å². The number of carbonyl (C=O) groups is 3. The second kappa shape index (κ2) is 11.6. The molecule has 6 nitrogen and oxygen atoms in total. The standard InChI is InChI=1S/C28H25BrF2N2O4/c1-37-28(36)20-4-2-17(3-5-20)16-24(34)33-14-12-19(13-15-33)18-6-8-21(9-7-18)32-27(35)22-10-11-23(30)26(31)25(22)29/h2-11,19H,12-16H2,1H3,(H,32,35). The molecule has 0 spiro atoms. The minimum atomic E-state index is -1.11. The second-order valence-electron chi connectivity index (χ2n) is 8.82. The van der Waals surface area contributed by atoms with Crippen molar-refractivity contribution in [3.05, 3.63) is 99.0 Å². The van der Waals surface area contributed by atoms with E-state index in [1.807, 2.05) is 17.0 Å². The van der Waals surface area contributed by atoms with E-state index in [-0.39, 0.29) is 28.3 Å². The highest BCUT2D eigenvalue weighted by Crippen LogP contribution is 2.30. The van der Waals surface area contributed by atoms with Crippen molar-refractivity contribution >= 4 is 39.4 Å². The largest absolute Gasteiger partial charge is 0.465 e. The molecule has 1 saturated heterocycles. The first-order valence-corrected chi connectivity index (χ1v) is 12.6. The molecule has 1 heterocycles. The zero-order chi connectivity index (χ0) is 26.5. The lowest BCUT2D eigenvalue weighted by Gasteiger charge is -2.32. The summed E-state index contributed by atoms with van der Waals surface area (Å²) >= 11 is 2.93. The van der Waals surface area contributed by atoms with Crippen LogP contribution in [0.25, 0.3) is 0 Å². The third-order valence-electron chi connectivity index (χ3n) is 6.50. The Morgan fingerprint density at radius 2 is 1.62 bits per heavy atom. The van der Waals surface area contributed by atoms with Crippen LogP contribution in [0, 0.1) is 11.6 Å². The molecule has 1 N–H and O–H groups in total. The number of anilines is 1. The van der Waals surface area contributed by atoms with Gasteiger partial charge < -0.3 is 15.0 Å². The normalized spacial score (nSPS) is 13.8. The predicted molar refractivity (Wildman–Crippen MR) is 138 cm³/mol. The fourth-order valence-electron chi connectivity index (χ4n) is 4.36. The lowest BCUT2D eigenvalue weighted by atomic mass is 9.89. The highest BCUT2D eigenvalue weighted by Gasteiger charge is 2.24. The number of ether oxygens (including phenoxy) is 1. The van der Waals surface area contributed by atoms with Gasteiger partial charge in [-0.05, 0) is 82.2 Å². The summed E-state index contributed by atoms with van der Waals surface area (Å²) in [7, 11) is 1.33. The predicted octanol–water partition coefficient (Wildman–Crippen LogP) is 5.71. The molecule has 192 valence electrons. The van der Waals surface area contributed by atoms with Crippen LogP contribution in [0.5, 0.6) is 0 Å². The van der Waals surface area contributed by atoms with Crippen molar-refractivity contribution < 1.29 is 27.9 Å². The average Bonchev–Trinajstić information content (AvgIpc) is 2.92. The van der Waals surface area contributed by atoms with Gasteiger partial charge in [-0.15, -0.1) is 0 Å². The number of hydrogen-bond donors (Lipinski definition) is 1. The summed E-state index contributed by atoms with van der Waals surface area (Å²) < 4.78 is 31.5. The van der Waals surface area contributed by atoms with Gasteiger partial charge >= 0.3 is 5.97 Å². The summed E-state index contributed by atoms with van der Waals surface area (Å²) in [6.45, 7) is 1.29. The molecule has 0 aliphatic carbocycles. The first-order chi connectivity index (χ1) is 17.8. The van der Waals surface area contributed by atoms with Crippen molar-refractivity contribution in [3.8, 4) is 0 Å². The van der Waals surface area contributed by atoms with Gasteiger partial charge in [-0.2, -0.15) is 0 Å². The van der Waals surface area contributed by atoms with Gasteiger partial charge in [-0.25, -0.2) is 13.6 Å². The molecule has 2 amide bonds. The van der Waals surface area contributed by atoms with Gasteiger partial charge in [0.25, 0.3) is 5.91 Å². The number of hydrogen-bond acceptors (Lipinski definition) is 4. The molecule has 0 radical (unpaired) electrons. The topological polar surface area (TPSA) is 75.7 Å². The van der Waals surface area contributed by atoms with Crippen molar-refractivity contribution in [3.63, 3.8) is 0 Å². The number of nitrogens with one attached hydrogen (secondary N) is 1. The molecular formula is C28H25BrF2N2O4. The molecule has 3 aromatic rings. The molecule has 0 saturated carbocycles. The number of carbonyl (C=O) groups excluding carboxylic acids is 3. The molecule has 1 aliphatic heterocycles. The van der Waals surface area contributed by atoms with Gasteiger partial charge in [0.15, 0.2) is 11.6 Å². The summed E-state index contributed by atoms with van der Waals surface area (Å²) in [5, 5.41) is 2.70. The van der Waals surface area contributed by atoms with Gasteiger partial charge in [0.05, 0.1) is 29.1 Å². The average molecular weight is 571 g/mol. The third-order valence-corrected chi connectivity index (χ3v) is 7.27. The highest BCUT2D eigenvalue weighted by molar-refractivity contribution is 9.10. The van der Waals surface area contributed by atoms with E-state index in [1.54, 1.807) is 36.4 Å². The van der Waals surface area contributed by atoms with Crippen molar-refractivity contribution in [1.82, 2.24) is 4.90 Å². The Morgan fingerprint density at radius 3 is 2.24 bits per heavy atom. The Morgan fingerprint density at radius 1 is 0.973 bits per heavy atom. The van der Waals surface area contributed by atoms with E-state index in [0.29, 0.717) is 24.3 Å². The van der Waals surface area contributed by atoms with Gasteiger partial charge in [0.1, 0.15) is 0 Å². The van der Waals surface area contributed by atoms with E-state index in [9.17, 15) is 23.2 Å². The van der Waals surface area contributed by atoms with E-state index in [1.165, 1.54) is 13.2 Å². The molecule has 0 atom stereocenters. The van der Waals surface area contributed by atoms with Crippen LogP contribution < -0.4 is 5.32 Å². The van der Waals surface area contributed by atoms with Crippen molar-refractivity contribution in [2.24, 2.45) is 0 Å². The van der Waals surface area contributed by atoms with Crippen molar-refractivity contribution in [2.75, 3.05) is 25.5 Å². The Hall–Kier alpha value is -3.59. The fraction of sp³-hybridized carbons (Fsp3) is 0.250. The molecule has 0 bridgehead atoms. The molecular weight excluding hydrogens is 546 g/mol. The van der Waals surface area contributed by atoms with Crippen LogP contribution in [0.4, 0.5) is 14.5 Å². The molecule has 1 aliphatic rings. The monoisotopic (exact) mass is 570 g/mol. The maximum Gasteiger partial charge on any atom is 0.337 e. The lowest BCUT2D eigenvalue weighted by molar-refractivity contribution is -0.131. The molecule has 4 rings (SSSR count). The number of benzene rings is 3. The highest BCUT2D eigenvalue weighted by atomic mass is 79.9. The van der Waals surface area contributed by atoms with Crippen molar-refractivity contribution in [2.45, 2.75) is 25.2 Å². The second-order valence-corrected chi connectivity index (χ2v) is 9.61. The van der Waals surface area contributed by atoms with Crippen molar-refractivity contribution in [1.29, 1.82) is 0 Å². The molecule has 0 unspecified atom stereocenters. The Bertz CT molecular complexity index is 1310. The number of piperidine rings is 1. The van der Waals surface area contributed by atoms with E-state index < -0.39 is 23.5 Å². The van der Waals surface area contributed by atoms with Crippen LogP contribution in [0.1, 0.15) is 50.6 Å². The van der Waals surface area contributed by atoms with Crippen LogP contribution in [0.3, 0.4) is 0 Å². The lowest BCUT2D eigenvalue weighted by Crippen LogP contribution is -2.38. The van der Waals surface area contributed by atoms with E-state index >= 15 is 0 Å². The smallest absolute Gasteiger partial charge is 0.337 e. The fourth-order valence-corrected chi connectivity index (χ4v) is 4.87. The quantitative estimate of drug-likeness (QED) is 0.304. The van der Waals surface area contributed by atoms with E-state index in [4.69, 9.17) is 4.74 Å². The van der Waals surface area contributed by atoms with Gasteiger partial charge in [0.2, 0.25) is 5.91 Å². The zero-order valence-electron chi connectivity index (χ0n) is 20.1. The molecule has 37 heavy (non-hydrogen) atoms. The number of likely N-dealkylation sites (tertiary alicyclic amines) is 1. The summed E-state index contributed by atoms with van der Waals surface area (Å²) in [6.07, 6.45) is 1.91. The Labute approximate surface area is 221 Å². The summed E-state index contributed by atoms with van der Waals surface area (Å²) in [6, 6.07) is 16.4. The first-order valence-electron chi connectivity index (χ1n) is 11.8. The zero-order valence-corrected chi connectivity index (χ0v) is 21.7. The first kappa shape index (κ1) is 26.5. The maximum atomic E-state index is 13.7. The molecule has 1 fully saturated rings. The number of nitrogens with zero attached hydrogens (tertiary/aromatic N) is 1. The minimum absolute atomic E-state index is 0.000534. The van der Waals surface area contributed by atoms with Crippen LogP contribution in [0.15, 0.2) is 65.1 Å². The third kappa shape index (κ3) is 6.22. The summed E-state index contributed by atoms with van der Waals surface area (Å²) in [4.78, 5) is 38.7. The Balaban J connectivity index is 1.29. The summed E-state index contributed by atoms with van der Waals surface area (Å²) in [5.41, 5.74) is 2.93. The van der Waals surface area contributed by atoms with Crippen LogP contribution in [-0.2, 0) is 16.0 Å². The SMILES string of the molecule is COC(=O)c1ccc(CC(=O)N2CCC(c3ccc(NC(=O)c4ccc(F)c(F)c4Br)cc3)CC2)cc1. The minimum Gasteiger partial charge on any atom is -0.465 e. The Kier molecular flexibility index (Phi) is 8.33. The molecule has 9 heteroatoms. The van der Waals surface area contributed by atoms with Gasteiger partial charge in [-0.3, -0.25) is 9.59 Å². The van der Waals surface area contributed by atoms with E-state index in [2.05, 4.69) is 21.2 Å². The van der Waals surface area contributed by atoms with Crippen LogP contribution >= 0.6 is 15.9 Å². The number of esters is 1. The maximum absolute atomic E-state index is 13.7. The number of rotatable bonds is 6. The number of amides is 2. The van der Waals surface area contributed by atoms with Gasteiger partial charge in [0, 0.05) is 18.8 Å². The summed E-state index contributed by atoms with van der Waals surface area (Å²) in [5.74, 6) is -2.77. The number of methoxy groups -OCH3 is 1. The molecule has 0 aromatic heterocycles. The van der Waals surface area contributed by atoms with E-state index in [0.717, 1.165) is 30.0 Å². The molecule has 3 aromatic carbocycles. The van der Waals surface area contributed by atoms with Crippen LogP contribution in [0.2, 0.25) is 0 Å². The number of halogens is 3.